The molecule has 0 aliphatic rings. The van der Waals surface area contributed by atoms with E-state index in [1.54, 1.807) is 53.1 Å². The molecule has 8 heteroatoms. The molecule has 0 fully saturated rings. The molecule has 0 atom stereocenters. The average Bonchev–Trinajstić information content (AvgIpc) is 3.06. The van der Waals surface area contributed by atoms with E-state index < -0.39 is 17.6 Å². The van der Waals surface area contributed by atoms with Crippen LogP contribution in [0.4, 0.5) is 19.0 Å². The minimum Gasteiger partial charge on any atom is -0.306 e. The number of pyridine rings is 1. The number of hydrogen-bond acceptors (Lipinski definition) is 2. The average molecular weight is 416 g/mol. The number of anilines is 1. The van der Waals surface area contributed by atoms with E-state index in [2.05, 4.69) is 10.3 Å². The van der Waals surface area contributed by atoms with Crippen LogP contribution in [0, 0.1) is 0 Å². The summed E-state index contributed by atoms with van der Waals surface area (Å²) in [4.78, 5) is 17.3. The minimum absolute atomic E-state index is 0.104. The van der Waals surface area contributed by atoms with Crippen molar-refractivity contribution in [1.82, 2.24) is 9.38 Å². The van der Waals surface area contributed by atoms with Gasteiger partial charge in [0.25, 0.3) is 5.91 Å². The fraction of sp³-hybridized carbons (Fsp3) is 0.0476. The number of hydrogen-bond donors (Lipinski definition) is 1. The van der Waals surface area contributed by atoms with Crippen LogP contribution in [0.5, 0.6) is 0 Å². The lowest BCUT2D eigenvalue weighted by Gasteiger charge is -2.10. The molecule has 0 aliphatic carbocycles. The number of rotatable bonds is 3. The first-order valence-corrected chi connectivity index (χ1v) is 8.92. The molecule has 4 aromatic rings. The highest BCUT2D eigenvalue weighted by Crippen LogP contribution is 2.32. The van der Waals surface area contributed by atoms with Gasteiger partial charge in [-0.05, 0) is 42.5 Å². The zero-order chi connectivity index (χ0) is 20.6. The summed E-state index contributed by atoms with van der Waals surface area (Å²) in [6.07, 6.45) is -2.82. The van der Waals surface area contributed by atoms with Gasteiger partial charge in [0.1, 0.15) is 17.2 Å². The Morgan fingerprint density at radius 2 is 1.76 bits per heavy atom. The van der Waals surface area contributed by atoms with Gasteiger partial charge in [-0.15, -0.1) is 0 Å². The predicted molar refractivity (Wildman–Crippen MR) is 105 cm³/mol. The zero-order valence-corrected chi connectivity index (χ0v) is 15.5. The summed E-state index contributed by atoms with van der Waals surface area (Å²) in [5, 5.41) is 3.25. The van der Waals surface area contributed by atoms with Crippen LogP contribution in [0.15, 0.2) is 72.9 Å². The summed E-state index contributed by atoms with van der Waals surface area (Å²) in [5.74, 6) is -0.317. The highest BCUT2D eigenvalue weighted by Gasteiger charge is 2.31. The smallest absolute Gasteiger partial charge is 0.306 e. The molecule has 2 heterocycles. The Kier molecular flexibility index (Phi) is 4.76. The molecule has 0 spiro atoms. The van der Waals surface area contributed by atoms with E-state index in [0.29, 0.717) is 27.7 Å². The second kappa shape index (κ2) is 7.25. The maximum Gasteiger partial charge on any atom is 0.416 e. The molecule has 0 saturated heterocycles. The van der Waals surface area contributed by atoms with Crippen molar-refractivity contribution in [3.05, 3.63) is 89.1 Å². The van der Waals surface area contributed by atoms with Gasteiger partial charge < -0.3 is 5.32 Å². The molecule has 4 nitrogen and oxygen atoms in total. The lowest BCUT2D eigenvalue weighted by molar-refractivity contribution is -0.137. The van der Waals surface area contributed by atoms with Crippen molar-refractivity contribution >= 4 is 29.0 Å². The zero-order valence-electron chi connectivity index (χ0n) is 14.7. The Hall–Kier alpha value is -3.32. The molecule has 1 N–H and O–H groups in total. The summed E-state index contributed by atoms with van der Waals surface area (Å²) in [7, 11) is 0. The van der Waals surface area contributed by atoms with E-state index in [1.165, 1.54) is 12.1 Å². The first-order valence-electron chi connectivity index (χ1n) is 8.54. The third-order valence-electron chi connectivity index (χ3n) is 4.33. The van der Waals surface area contributed by atoms with E-state index in [0.717, 1.165) is 12.1 Å². The SMILES string of the molecule is O=C(Nc1c(-c2ccc(Cl)cc2)nc2ccccn12)c1cccc(C(F)(F)F)c1. The van der Waals surface area contributed by atoms with Crippen LogP contribution in [0.1, 0.15) is 15.9 Å². The van der Waals surface area contributed by atoms with Crippen molar-refractivity contribution < 1.29 is 18.0 Å². The quantitative estimate of drug-likeness (QED) is 0.451. The maximum atomic E-state index is 13.0. The lowest BCUT2D eigenvalue weighted by Crippen LogP contribution is -2.15. The molecule has 29 heavy (non-hydrogen) atoms. The number of nitrogens with zero attached hydrogens (tertiary/aromatic N) is 2. The first-order chi connectivity index (χ1) is 13.8. The molecule has 2 aromatic carbocycles. The number of carbonyl (C=O) groups excluding carboxylic acids is 1. The second-order valence-corrected chi connectivity index (χ2v) is 6.71. The van der Waals surface area contributed by atoms with Gasteiger partial charge in [-0.2, -0.15) is 13.2 Å². The van der Waals surface area contributed by atoms with Crippen LogP contribution in [-0.4, -0.2) is 15.3 Å². The van der Waals surface area contributed by atoms with E-state index in [1.807, 2.05) is 0 Å². The molecule has 1 amide bonds. The van der Waals surface area contributed by atoms with Gasteiger partial charge in [0.05, 0.1) is 5.56 Å². The normalized spacial score (nSPS) is 11.6. The predicted octanol–water partition coefficient (Wildman–Crippen LogP) is 5.93. The summed E-state index contributed by atoms with van der Waals surface area (Å²) in [6, 6.07) is 16.5. The third-order valence-corrected chi connectivity index (χ3v) is 4.58. The van der Waals surface area contributed by atoms with Gasteiger partial charge in [0.15, 0.2) is 0 Å². The molecular formula is C21H13ClF3N3O. The highest BCUT2D eigenvalue weighted by atomic mass is 35.5. The molecule has 0 saturated carbocycles. The highest BCUT2D eigenvalue weighted by molar-refractivity contribution is 6.30. The Labute approximate surface area is 168 Å². The molecule has 0 radical (unpaired) electrons. The molecule has 2 aromatic heterocycles. The number of amides is 1. The fourth-order valence-corrected chi connectivity index (χ4v) is 3.07. The Morgan fingerprint density at radius 3 is 2.48 bits per heavy atom. The Balaban J connectivity index is 1.77. The summed E-state index contributed by atoms with van der Waals surface area (Å²) in [5.41, 5.74) is 0.774. The molecule has 0 bridgehead atoms. The van der Waals surface area contributed by atoms with Gasteiger partial charge in [0, 0.05) is 22.3 Å². The summed E-state index contributed by atoms with van der Waals surface area (Å²) < 4.78 is 40.6. The van der Waals surface area contributed by atoms with Crippen molar-refractivity contribution in [2.75, 3.05) is 5.32 Å². The number of benzene rings is 2. The number of halogens is 4. The molecule has 146 valence electrons. The van der Waals surface area contributed by atoms with Crippen LogP contribution in [0.2, 0.25) is 5.02 Å². The van der Waals surface area contributed by atoms with Gasteiger partial charge >= 0.3 is 6.18 Å². The molecule has 0 unspecified atom stereocenters. The van der Waals surface area contributed by atoms with E-state index in [4.69, 9.17) is 11.6 Å². The largest absolute Gasteiger partial charge is 0.416 e. The fourth-order valence-electron chi connectivity index (χ4n) is 2.94. The monoisotopic (exact) mass is 415 g/mol. The van der Waals surface area contributed by atoms with E-state index in [9.17, 15) is 18.0 Å². The van der Waals surface area contributed by atoms with Gasteiger partial charge in [-0.3, -0.25) is 9.20 Å². The van der Waals surface area contributed by atoms with Crippen molar-refractivity contribution in [3.63, 3.8) is 0 Å². The molecule has 0 aliphatic heterocycles. The van der Waals surface area contributed by atoms with Crippen molar-refractivity contribution in [1.29, 1.82) is 0 Å². The third kappa shape index (κ3) is 3.82. The van der Waals surface area contributed by atoms with E-state index in [-0.39, 0.29) is 5.56 Å². The molecule has 4 rings (SSSR count). The number of nitrogens with one attached hydrogen (secondary N) is 1. The number of carbonyl (C=O) groups is 1. The van der Waals surface area contributed by atoms with Crippen molar-refractivity contribution in [2.24, 2.45) is 0 Å². The standard InChI is InChI=1S/C21H13ClF3N3O/c22-16-9-7-13(8-10-16)18-19(28-11-2-1-6-17(28)26-18)27-20(29)14-4-3-5-15(12-14)21(23,24)25/h1-12H,(H,27,29). The summed E-state index contributed by atoms with van der Waals surface area (Å²) >= 11 is 5.95. The Bertz CT molecular complexity index is 1200. The minimum atomic E-state index is -4.53. The van der Waals surface area contributed by atoms with E-state index >= 15 is 0 Å². The molecular weight excluding hydrogens is 403 g/mol. The van der Waals surface area contributed by atoms with Crippen LogP contribution in [-0.2, 0) is 6.18 Å². The van der Waals surface area contributed by atoms with Crippen LogP contribution >= 0.6 is 11.6 Å². The van der Waals surface area contributed by atoms with Crippen molar-refractivity contribution in [3.8, 4) is 11.3 Å². The first kappa shape index (κ1) is 19.0. The van der Waals surface area contributed by atoms with Gasteiger partial charge in [-0.25, -0.2) is 4.98 Å². The van der Waals surface area contributed by atoms with Gasteiger partial charge in [-0.1, -0.05) is 35.9 Å². The maximum absolute atomic E-state index is 13.0. The second-order valence-electron chi connectivity index (χ2n) is 6.28. The number of imidazole rings is 1. The number of alkyl halides is 3. The summed E-state index contributed by atoms with van der Waals surface area (Å²) in [6.45, 7) is 0. The van der Waals surface area contributed by atoms with Crippen LogP contribution in [0.25, 0.3) is 16.9 Å². The number of fused-ring (bicyclic) bond motifs is 1. The lowest BCUT2D eigenvalue weighted by atomic mass is 10.1. The van der Waals surface area contributed by atoms with Crippen LogP contribution < -0.4 is 5.32 Å². The van der Waals surface area contributed by atoms with Crippen molar-refractivity contribution in [2.45, 2.75) is 6.18 Å². The topological polar surface area (TPSA) is 46.4 Å². The number of aromatic nitrogens is 2. The van der Waals surface area contributed by atoms with Crippen LogP contribution in [0.3, 0.4) is 0 Å². The Morgan fingerprint density at radius 1 is 1.00 bits per heavy atom. The van der Waals surface area contributed by atoms with Gasteiger partial charge in [0.2, 0.25) is 0 Å².